The van der Waals surface area contributed by atoms with E-state index in [0.29, 0.717) is 60.0 Å². The monoisotopic (exact) mass is 1510 g/mol. The summed E-state index contributed by atoms with van der Waals surface area (Å²) in [5, 5.41) is 20.5. The Labute approximate surface area is 669 Å². The number of nitrogens with zero attached hydrogens (tertiary/aromatic N) is 5. The summed E-state index contributed by atoms with van der Waals surface area (Å²) in [5.41, 5.74) is -4.54. The summed E-state index contributed by atoms with van der Waals surface area (Å²) in [6, 6.07) is -3.90. The Kier molecular flexibility index (Phi) is 47.9. The lowest BCUT2D eigenvalue weighted by atomic mass is 8.97. The quantitative estimate of drug-likeness (QED) is 0.0933. The SMILES string of the molecule is C.CC/C=C1/C(=O)CN(C(=O)OC(C)(C)C)[C@@H]1C(=O)OC(C)(C)C.CC/C=C1\[C@@H](C(=O)OC(C)(C)C)N(C(=O)OC(C)(C)C)C[C@@H]1O.CCC[C@H]1[C@@H](C(=O)OC(C)(C)C)N(C(=O)OC(C)(C)C)C[C@@H]1O.CN(C)/C=C1/C(=O)CN(C(=O)OC(C)(C)C)[C@@H]1C(=O)OC(C)(C)C.[B]B([BH3-])[B][BH3-].[B]B([B])[B][BH3-].[B][B]B([B])[B]. The van der Waals surface area contributed by atoms with Crippen LogP contribution in [0.25, 0.3) is 0 Å². The highest BCUT2D eigenvalue weighted by Gasteiger charge is 2.52. The van der Waals surface area contributed by atoms with Crippen molar-refractivity contribution in [3.63, 3.8) is 0 Å². The van der Waals surface area contributed by atoms with Crippen LogP contribution < -0.4 is 0 Å². The molecule has 4 amide bonds. The first-order chi connectivity index (χ1) is 48.6. The number of aliphatic hydroxyl groups is 2. The van der Waals surface area contributed by atoms with Crippen molar-refractivity contribution < 1.29 is 96.1 Å². The van der Waals surface area contributed by atoms with Crippen LogP contribution in [0.4, 0.5) is 19.2 Å². The van der Waals surface area contributed by atoms with Gasteiger partial charge in [-0.2, -0.15) is 20.5 Å². The molecule has 4 aliphatic rings. The van der Waals surface area contributed by atoms with Gasteiger partial charge in [-0.15, -0.1) is 0 Å². The number of esters is 4. The molecule has 15 radical (unpaired) electrons. The van der Waals surface area contributed by atoms with E-state index in [9.17, 15) is 58.2 Å². The van der Waals surface area contributed by atoms with Crippen LogP contribution in [0.1, 0.15) is 220 Å². The minimum absolute atomic E-state index is 0. The highest BCUT2D eigenvalue weighted by atomic mass is 16.6. The third-order valence-electron chi connectivity index (χ3n) is 12.6. The number of carbonyl (C=O) groups excluding carboxylic acids is 10. The molecule has 7 atom stereocenters. The Morgan fingerprint density at radius 1 is 0.486 bits per heavy atom. The standard InChI is InChI=1S/C17H28N2O5.C17H31NO5.C17H29NO5.C17H27NO5.CH4.B5H6.B5H3.B5/c1-16(2,3)23-14(21)13-11(9-18(7)8)12(20)10-19(13)15(22)24-17(4,5)6;3*1-8-9-11-12(19)10-18(15(21)23-17(5,6)7)13(11)14(20)22-16(2,3)4;;3*1-4-5(2)3/h9,13H,10H2,1-8H3;11-13,19H,8-10H2,1-7H3;9,12-13,19H,8,10H2,1-7H3;9,13H,8,10H2,1-7H3;1H4;1-2H3;1H3;/q;;;;;-2;-1;/b11-9-;;2*11-9-;;;;/t13-;11-,12+,13+;12-,13-;13-;;;;/m0100..../s1. The number of carbonyl (C=O) groups is 10. The van der Waals surface area contributed by atoms with Gasteiger partial charge < -0.3 is 53.0 Å². The van der Waals surface area contributed by atoms with Gasteiger partial charge in [0, 0.05) is 74.0 Å². The molecular weight excluding hydrogens is 1380 g/mol. The van der Waals surface area contributed by atoms with E-state index >= 15 is 0 Å². The molecule has 2 N–H and O–H groups in total. The van der Waals surface area contributed by atoms with E-state index in [1.54, 1.807) is 204 Å². The number of allylic oxidation sites excluding steroid dienone is 2. The number of ether oxygens (including phenoxy) is 8. The van der Waals surface area contributed by atoms with Gasteiger partial charge in [0.05, 0.1) is 38.4 Å². The Bertz CT molecular complexity index is 2980. The second kappa shape index (κ2) is 47.7. The highest BCUT2D eigenvalue weighted by molar-refractivity contribution is 7.61. The molecule has 4 rings (SSSR count). The topological polar surface area (TPSA) is 301 Å². The maximum atomic E-state index is 12.6. The zero-order valence-corrected chi connectivity index (χ0v) is 68.3. The molecule has 0 aliphatic carbocycles. The number of ketones is 2. The summed E-state index contributed by atoms with van der Waals surface area (Å²) in [4.78, 5) is 131. The van der Waals surface area contributed by atoms with Crippen molar-refractivity contribution in [2.45, 2.75) is 301 Å². The third-order valence-corrected chi connectivity index (χ3v) is 12.6. The van der Waals surface area contributed by atoms with Gasteiger partial charge in [-0.25, -0.2) is 38.4 Å². The van der Waals surface area contributed by atoms with Gasteiger partial charge in [0.1, 0.15) is 50.9 Å². The van der Waals surface area contributed by atoms with Crippen molar-refractivity contribution in [2.75, 3.05) is 40.3 Å². The summed E-state index contributed by atoms with van der Waals surface area (Å²) in [6.45, 7) is 47.4. The molecule has 4 aliphatic heterocycles. The van der Waals surface area contributed by atoms with Crippen LogP contribution >= 0.6 is 0 Å². The predicted octanol–water partition coefficient (Wildman–Crippen LogP) is 2.70. The van der Waals surface area contributed by atoms with Crippen molar-refractivity contribution in [3.8, 4) is 0 Å². The van der Waals surface area contributed by atoms with Crippen LogP contribution in [0.15, 0.2) is 35.1 Å². The number of hydrogen-bond donors (Lipinski definition) is 2. The van der Waals surface area contributed by atoms with E-state index in [-0.39, 0.29) is 63.0 Å². The molecule has 0 spiro atoms. The van der Waals surface area contributed by atoms with E-state index in [0.717, 1.165) is 16.2 Å². The first kappa shape index (κ1) is 110. The molecule has 0 bridgehead atoms. The molecule has 4 saturated heterocycles. The van der Waals surface area contributed by atoms with Gasteiger partial charge in [-0.3, -0.25) is 29.2 Å². The third kappa shape index (κ3) is 46.1. The van der Waals surface area contributed by atoms with Crippen molar-refractivity contribution in [3.05, 3.63) is 35.1 Å². The van der Waals surface area contributed by atoms with Gasteiger partial charge in [0.25, 0.3) is 0 Å². The Morgan fingerprint density at radius 2 is 0.780 bits per heavy atom. The van der Waals surface area contributed by atoms with Crippen molar-refractivity contribution in [1.82, 2.24) is 24.5 Å². The number of rotatable bonds is 12. The highest BCUT2D eigenvalue weighted by Crippen LogP contribution is 2.34. The van der Waals surface area contributed by atoms with E-state index < -0.39 is 136 Å². The van der Waals surface area contributed by atoms with Gasteiger partial charge in [-0.05, 0) is 221 Å². The number of likely N-dealkylation sites (tertiary alicyclic amines) is 4. The second-order valence-corrected chi connectivity index (χ2v) is 32.9. The second-order valence-electron chi connectivity index (χ2n) is 32.9. The van der Waals surface area contributed by atoms with Crippen molar-refractivity contribution in [2.24, 2.45) is 5.92 Å². The molecule has 0 aromatic rings. The Balaban J connectivity index is -0.000000630. The fourth-order valence-electron chi connectivity index (χ4n) is 9.50. The van der Waals surface area contributed by atoms with Gasteiger partial charge in [0.15, 0.2) is 29.7 Å². The number of hydrogen-bond acceptors (Lipinski definition) is 21. The number of Topliss-reactive ketones (excluding diaryl/α,β-unsaturated/α-hetero) is 2. The molecule has 40 heteroatoms. The molecule has 109 heavy (non-hydrogen) atoms. The first-order valence-corrected chi connectivity index (χ1v) is 34.9. The normalized spacial score (nSPS) is 20.2. The van der Waals surface area contributed by atoms with Gasteiger partial charge in [-0.1, -0.05) is 70.0 Å². The van der Waals surface area contributed by atoms with Gasteiger partial charge in [0.2, 0.25) is 0 Å². The number of β-amino-alcohol motifs (C(OH)–C–C–N with tert-alkyl or cyclic N) is 2. The average Bonchev–Trinajstić information content (AvgIpc) is 1.74. The molecular formula is C69H128B15N5O20-3. The summed E-state index contributed by atoms with van der Waals surface area (Å²) >= 11 is 0. The van der Waals surface area contributed by atoms with Crippen LogP contribution in [0.5, 0.6) is 0 Å². The molecule has 0 unspecified atom stereocenters. The smallest absolute Gasteiger partial charge is 0.411 e. The average molecular weight is 1510 g/mol. The van der Waals surface area contributed by atoms with E-state index in [1.807, 2.05) is 27.8 Å². The minimum atomic E-state index is -1.10. The lowest BCUT2D eigenvalue weighted by Gasteiger charge is -2.31. The molecule has 0 aromatic heterocycles. The number of amides is 4. The van der Waals surface area contributed by atoms with Crippen LogP contribution in [0.3, 0.4) is 0 Å². The molecule has 597 valence electrons. The van der Waals surface area contributed by atoms with Gasteiger partial charge >= 0.3 is 48.3 Å². The Hall–Kier alpha value is -5.79. The van der Waals surface area contributed by atoms with Crippen molar-refractivity contribution in [1.29, 1.82) is 0 Å². The summed E-state index contributed by atoms with van der Waals surface area (Å²) in [7, 11) is 40.4. The van der Waals surface area contributed by atoms with Crippen LogP contribution in [0, 0.1) is 5.92 Å². The summed E-state index contributed by atoms with van der Waals surface area (Å²) < 4.78 is 43.0. The summed E-state index contributed by atoms with van der Waals surface area (Å²) in [5.74, 6) is -3.19. The molecule has 4 heterocycles. The molecule has 4 fully saturated rings. The van der Waals surface area contributed by atoms with Crippen LogP contribution in [0.2, 0.25) is 0 Å². The molecule has 25 nitrogen and oxygen atoms in total. The zero-order chi connectivity index (χ0) is 85.7. The largest absolute Gasteiger partial charge is 0.458 e. The molecule has 0 saturated carbocycles. The minimum Gasteiger partial charge on any atom is -0.458 e. The molecule has 0 aromatic carbocycles. The fourth-order valence-corrected chi connectivity index (χ4v) is 9.50. The zero-order valence-electron chi connectivity index (χ0n) is 68.3. The van der Waals surface area contributed by atoms with Crippen molar-refractivity contribution >= 4 is 170 Å². The van der Waals surface area contributed by atoms with Crippen LogP contribution in [-0.4, -0.2) is 326 Å². The maximum Gasteiger partial charge on any atom is 0.411 e. The van der Waals surface area contributed by atoms with E-state index in [1.165, 1.54) is 16.9 Å². The number of aliphatic hydroxyl groups excluding tert-OH is 2. The lowest BCUT2D eigenvalue weighted by molar-refractivity contribution is -0.162. The predicted molar refractivity (Wildman–Crippen MR) is 455 cm³/mol. The summed E-state index contributed by atoms with van der Waals surface area (Å²) in [6.07, 6.45) is 3.42. The maximum absolute atomic E-state index is 12.6. The van der Waals surface area contributed by atoms with E-state index in [4.69, 9.17) is 84.3 Å². The fraction of sp³-hybridized carbons (Fsp3) is 0.768. The first-order valence-electron chi connectivity index (χ1n) is 34.9. The van der Waals surface area contributed by atoms with E-state index in [2.05, 4.69) is 7.06 Å². The lowest BCUT2D eigenvalue weighted by Crippen LogP contribution is -2.47. The van der Waals surface area contributed by atoms with Crippen LogP contribution in [-0.2, 0) is 66.7 Å². The Morgan fingerprint density at radius 3 is 1.06 bits per heavy atom.